The highest BCUT2D eigenvalue weighted by Gasteiger charge is 2.38. The second kappa shape index (κ2) is 6.00. The maximum absolute atomic E-state index is 12.7. The molecule has 0 unspecified atom stereocenters. The first-order chi connectivity index (χ1) is 9.70. The van der Waals surface area contributed by atoms with Crippen molar-refractivity contribution in [3.05, 3.63) is 43.3 Å². The molecule has 0 fully saturated rings. The van der Waals surface area contributed by atoms with Crippen molar-refractivity contribution in [2.75, 3.05) is 5.32 Å². The van der Waals surface area contributed by atoms with Crippen molar-refractivity contribution < 1.29 is 18.0 Å². The molecule has 0 bridgehead atoms. The molecule has 0 spiro atoms. The molecule has 1 heterocycles. The predicted molar refractivity (Wildman–Crippen MR) is 76.5 cm³/mol. The zero-order valence-electron chi connectivity index (χ0n) is 9.76. The number of halogens is 6. The molecule has 0 radical (unpaired) electrons. The fourth-order valence-corrected chi connectivity index (χ4v) is 3.05. The maximum Gasteiger partial charge on any atom is 0.434 e. The van der Waals surface area contributed by atoms with Crippen molar-refractivity contribution in [2.45, 2.75) is 6.18 Å². The smallest absolute Gasteiger partial charge is 0.319 e. The number of nitrogens with zero attached hydrogens (tertiary/aromatic N) is 1. The summed E-state index contributed by atoms with van der Waals surface area (Å²) in [5.74, 6) is -1.00. The van der Waals surface area contributed by atoms with E-state index in [1.54, 1.807) is 0 Å². The van der Waals surface area contributed by atoms with Gasteiger partial charge in [0.1, 0.15) is 4.88 Å². The number of benzene rings is 1. The first-order valence-electron chi connectivity index (χ1n) is 5.16. The number of nitrogens with one attached hydrogen (secondary N) is 1. The van der Waals surface area contributed by atoms with Gasteiger partial charge in [-0.15, -0.1) is 11.3 Å². The lowest BCUT2D eigenvalue weighted by Gasteiger charge is -2.10. The monoisotopic (exact) mass is 374 g/mol. The molecule has 0 saturated heterocycles. The summed E-state index contributed by atoms with van der Waals surface area (Å²) in [7, 11) is 0. The molecule has 0 aliphatic heterocycles. The maximum atomic E-state index is 12.7. The molecule has 3 nitrogen and oxygen atoms in total. The summed E-state index contributed by atoms with van der Waals surface area (Å²) in [6, 6.07) is 2.61. The highest BCUT2D eigenvalue weighted by atomic mass is 35.5. The average Bonchev–Trinajstić information content (AvgIpc) is 2.82. The number of thiazole rings is 1. The van der Waals surface area contributed by atoms with E-state index in [0.717, 1.165) is 5.51 Å². The van der Waals surface area contributed by atoms with Gasteiger partial charge in [-0.05, 0) is 12.1 Å². The summed E-state index contributed by atoms with van der Waals surface area (Å²) in [6.45, 7) is 0. The molecule has 1 amide bonds. The van der Waals surface area contributed by atoms with E-state index in [0.29, 0.717) is 11.3 Å². The van der Waals surface area contributed by atoms with Crippen LogP contribution < -0.4 is 5.32 Å². The van der Waals surface area contributed by atoms with E-state index in [1.165, 1.54) is 12.1 Å². The Morgan fingerprint density at radius 2 is 1.76 bits per heavy atom. The average molecular weight is 376 g/mol. The van der Waals surface area contributed by atoms with Crippen molar-refractivity contribution in [3.63, 3.8) is 0 Å². The fraction of sp³-hybridized carbons (Fsp3) is 0.0909. The second-order valence-corrected chi connectivity index (χ2v) is 5.83. The molecule has 1 aromatic heterocycles. The predicted octanol–water partition coefficient (Wildman–Crippen LogP) is 5.37. The van der Waals surface area contributed by atoms with E-state index in [9.17, 15) is 18.0 Å². The summed E-state index contributed by atoms with van der Waals surface area (Å²) in [4.78, 5) is 14.5. The molecule has 0 aliphatic carbocycles. The number of amides is 1. The zero-order valence-corrected chi connectivity index (χ0v) is 12.8. The molecule has 2 aromatic rings. The minimum absolute atomic E-state index is 0.0129. The van der Waals surface area contributed by atoms with E-state index in [1.807, 2.05) is 0 Å². The van der Waals surface area contributed by atoms with E-state index in [2.05, 4.69) is 10.3 Å². The lowest BCUT2D eigenvalue weighted by Crippen LogP contribution is -2.17. The normalized spacial score (nSPS) is 11.5. The van der Waals surface area contributed by atoms with Gasteiger partial charge in [0, 0.05) is 5.02 Å². The summed E-state index contributed by atoms with van der Waals surface area (Å²) in [5, 5.41) is 2.49. The SMILES string of the molecule is O=C(Nc1c(Cl)cc(Cl)cc1Cl)c1scnc1C(F)(F)F. The molecule has 2 rings (SSSR count). The standard InChI is InChI=1S/C11H4Cl3F3N2OS/c12-4-1-5(13)7(6(14)2-4)19-10(20)8-9(11(15,16)17)18-3-21-8/h1-3H,(H,19,20). The summed E-state index contributed by atoms with van der Waals surface area (Å²) < 4.78 is 38.1. The minimum Gasteiger partial charge on any atom is -0.319 e. The summed E-state index contributed by atoms with van der Waals surface area (Å²) >= 11 is 18.0. The number of hydrogen-bond acceptors (Lipinski definition) is 3. The van der Waals surface area contributed by atoms with Gasteiger partial charge >= 0.3 is 6.18 Å². The van der Waals surface area contributed by atoms with Crippen LogP contribution in [-0.2, 0) is 6.18 Å². The van der Waals surface area contributed by atoms with Crippen LogP contribution in [0.3, 0.4) is 0 Å². The van der Waals surface area contributed by atoms with Crippen LogP contribution >= 0.6 is 46.1 Å². The number of rotatable bonds is 2. The molecule has 10 heteroatoms. The molecular weight excluding hydrogens is 372 g/mol. The molecular formula is C11H4Cl3F3N2OS. The van der Waals surface area contributed by atoms with Crippen LogP contribution in [0.2, 0.25) is 15.1 Å². The summed E-state index contributed by atoms with van der Waals surface area (Å²) in [5.41, 5.74) is -0.344. The van der Waals surface area contributed by atoms with Gasteiger partial charge in [-0.2, -0.15) is 13.2 Å². The Hall–Kier alpha value is -1.02. The zero-order chi connectivity index (χ0) is 15.8. The number of alkyl halides is 3. The topological polar surface area (TPSA) is 42.0 Å². The Morgan fingerprint density at radius 1 is 1.19 bits per heavy atom. The van der Waals surface area contributed by atoms with E-state index < -0.39 is 22.7 Å². The van der Waals surface area contributed by atoms with Gasteiger partial charge in [-0.1, -0.05) is 34.8 Å². The Balaban J connectivity index is 2.34. The lowest BCUT2D eigenvalue weighted by molar-refractivity contribution is -0.141. The summed E-state index contributed by atoms with van der Waals surface area (Å²) in [6.07, 6.45) is -4.72. The van der Waals surface area contributed by atoms with Gasteiger partial charge in [0.2, 0.25) is 0 Å². The van der Waals surface area contributed by atoms with Gasteiger partial charge in [0.05, 0.1) is 21.2 Å². The molecule has 1 aromatic carbocycles. The Labute approximate surface area is 135 Å². The first-order valence-corrected chi connectivity index (χ1v) is 7.18. The molecule has 1 N–H and O–H groups in total. The van der Waals surface area contributed by atoms with Crippen molar-refractivity contribution in [1.29, 1.82) is 0 Å². The van der Waals surface area contributed by atoms with Gasteiger partial charge in [-0.3, -0.25) is 4.79 Å². The highest BCUT2D eigenvalue weighted by molar-refractivity contribution is 7.12. The molecule has 112 valence electrons. The number of hydrogen-bond donors (Lipinski definition) is 1. The first kappa shape index (κ1) is 16.4. The minimum atomic E-state index is -4.72. The number of anilines is 1. The Morgan fingerprint density at radius 3 is 2.29 bits per heavy atom. The largest absolute Gasteiger partial charge is 0.434 e. The Kier molecular flexibility index (Phi) is 4.67. The van der Waals surface area contributed by atoms with Crippen LogP contribution in [0, 0.1) is 0 Å². The molecule has 0 aliphatic rings. The van der Waals surface area contributed by atoms with Crippen molar-refractivity contribution in [1.82, 2.24) is 4.98 Å². The van der Waals surface area contributed by atoms with Crippen LogP contribution in [0.5, 0.6) is 0 Å². The third-order valence-electron chi connectivity index (χ3n) is 2.29. The van der Waals surface area contributed by atoms with Gasteiger partial charge in [0.25, 0.3) is 5.91 Å². The fourth-order valence-electron chi connectivity index (χ4n) is 1.44. The van der Waals surface area contributed by atoms with Crippen LogP contribution in [0.4, 0.5) is 18.9 Å². The van der Waals surface area contributed by atoms with Crippen LogP contribution in [0.1, 0.15) is 15.4 Å². The van der Waals surface area contributed by atoms with E-state index in [-0.39, 0.29) is 20.8 Å². The van der Waals surface area contributed by atoms with Crippen LogP contribution in [0.15, 0.2) is 17.6 Å². The van der Waals surface area contributed by atoms with Gasteiger partial charge in [0.15, 0.2) is 5.69 Å². The number of aromatic nitrogens is 1. The van der Waals surface area contributed by atoms with Crippen molar-refractivity contribution in [3.8, 4) is 0 Å². The molecule has 0 atom stereocenters. The van der Waals surface area contributed by atoms with Gasteiger partial charge in [-0.25, -0.2) is 4.98 Å². The second-order valence-electron chi connectivity index (χ2n) is 3.73. The number of carbonyl (C=O) groups excluding carboxylic acids is 1. The molecule has 21 heavy (non-hydrogen) atoms. The van der Waals surface area contributed by atoms with Crippen molar-refractivity contribution >= 4 is 57.7 Å². The lowest BCUT2D eigenvalue weighted by atomic mass is 10.3. The van der Waals surface area contributed by atoms with Crippen molar-refractivity contribution in [2.24, 2.45) is 0 Å². The molecule has 0 saturated carbocycles. The highest BCUT2D eigenvalue weighted by Crippen LogP contribution is 2.36. The quantitative estimate of drug-likeness (QED) is 0.766. The number of carbonyl (C=O) groups is 1. The van der Waals surface area contributed by atoms with Gasteiger partial charge < -0.3 is 5.32 Å². The Bertz CT molecular complexity index is 679. The van der Waals surface area contributed by atoms with Crippen LogP contribution in [0.25, 0.3) is 0 Å². The third-order valence-corrected chi connectivity index (χ3v) is 3.93. The van der Waals surface area contributed by atoms with E-state index in [4.69, 9.17) is 34.8 Å². The third kappa shape index (κ3) is 3.60. The van der Waals surface area contributed by atoms with E-state index >= 15 is 0 Å². The van der Waals surface area contributed by atoms with Crippen LogP contribution in [-0.4, -0.2) is 10.9 Å².